The number of nitrogens with two attached hydrogens (primary N) is 1. The van der Waals surface area contributed by atoms with Crippen molar-refractivity contribution in [3.05, 3.63) is 30.3 Å². The molecule has 0 saturated carbocycles. The van der Waals surface area contributed by atoms with Crippen LogP contribution in [0, 0.1) is 0 Å². The van der Waals surface area contributed by atoms with E-state index in [2.05, 4.69) is 0 Å². The molecule has 4 atom stereocenters. The summed E-state index contributed by atoms with van der Waals surface area (Å²) in [4.78, 5) is 12.1. The number of esters is 1. The molecular formula is C18H28ClNO5. The molecule has 1 heterocycles. The van der Waals surface area contributed by atoms with Gasteiger partial charge >= 0.3 is 5.97 Å². The Labute approximate surface area is 155 Å². The van der Waals surface area contributed by atoms with E-state index in [0.29, 0.717) is 32.0 Å². The largest absolute Gasteiger partial charge is 0.484 e. The fraction of sp³-hybridized carbons (Fsp3) is 0.611. The van der Waals surface area contributed by atoms with Gasteiger partial charge in [0, 0.05) is 13.2 Å². The highest BCUT2D eigenvalue weighted by Crippen LogP contribution is 2.20. The Morgan fingerprint density at radius 2 is 2.00 bits per heavy atom. The third kappa shape index (κ3) is 6.82. The predicted molar refractivity (Wildman–Crippen MR) is 97.1 cm³/mol. The maximum absolute atomic E-state index is 12.1. The molecule has 2 N–H and O–H groups in total. The van der Waals surface area contributed by atoms with Crippen molar-refractivity contribution >= 4 is 18.4 Å². The number of ether oxygens (including phenoxy) is 4. The van der Waals surface area contributed by atoms with Gasteiger partial charge in [-0.15, -0.1) is 12.4 Å². The number of carbonyl (C=O) groups is 1. The van der Waals surface area contributed by atoms with Crippen LogP contribution >= 0.6 is 12.4 Å². The molecule has 6 nitrogen and oxygen atoms in total. The van der Waals surface area contributed by atoms with E-state index in [0.717, 1.165) is 6.42 Å². The van der Waals surface area contributed by atoms with E-state index in [1.54, 1.807) is 6.92 Å². The number of carbonyl (C=O) groups excluding carboxylic acids is 1. The fourth-order valence-corrected chi connectivity index (χ4v) is 2.50. The Morgan fingerprint density at radius 3 is 2.68 bits per heavy atom. The summed E-state index contributed by atoms with van der Waals surface area (Å²) in [5.74, 6) is 0.251. The molecule has 7 heteroatoms. The summed E-state index contributed by atoms with van der Waals surface area (Å²) in [5.41, 5.74) is 5.82. The Balaban J connectivity index is 0.00000312. The Bertz CT molecular complexity index is 501. The van der Waals surface area contributed by atoms with Crippen molar-refractivity contribution in [2.75, 3.05) is 19.8 Å². The Morgan fingerprint density at radius 1 is 1.28 bits per heavy atom. The van der Waals surface area contributed by atoms with Crippen molar-refractivity contribution < 1.29 is 23.7 Å². The normalized spacial score (nSPS) is 27.7. The number of rotatable bonds is 5. The van der Waals surface area contributed by atoms with E-state index in [-0.39, 0.29) is 18.5 Å². The van der Waals surface area contributed by atoms with Crippen LogP contribution < -0.4 is 10.5 Å². The van der Waals surface area contributed by atoms with E-state index in [1.165, 1.54) is 0 Å². The van der Waals surface area contributed by atoms with Crippen LogP contribution in [-0.2, 0) is 19.0 Å². The first-order valence-electron chi connectivity index (χ1n) is 8.49. The third-order valence-corrected chi connectivity index (χ3v) is 3.84. The highest BCUT2D eigenvalue weighted by Gasteiger charge is 2.34. The van der Waals surface area contributed by atoms with Gasteiger partial charge in [0.05, 0.1) is 6.61 Å². The number of hydrogen-bond donors (Lipinski definition) is 1. The molecular weight excluding hydrogens is 346 g/mol. The minimum Gasteiger partial charge on any atom is -0.484 e. The minimum absolute atomic E-state index is 0. The van der Waals surface area contributed by atoms with Crippen molar-refractivity contribution in [3.8, 4) is 5.75 Å². The molecule has 0 bridgehead atoms. The molecule has 1 aromatic rings. The van der Waals surface area contributed by atoms with Crippen LogP contribution in [-0.4, -0.2) is 50.1 Å². The smallest absolute Gasteiger partial charge is 0.323 e. The van der Waals surface area contributed by atoms with Gasteiger partial charge in [-0.3, -0.25) is 4.79 Å². The van der Waals surface area contributed by atoms with Gasteiger partial charge in [0.15, 0.2) is 6.10 Å². The van der Waals surface area contributed by atoms with Gasteiger partial charge in [0.2, 0.25) is 0 Å². The number of benzene rings is 1. The van der Waals surface area contributed by atoms with Crippen molar-refractivity contribution in [1.29, 1.82) is 0 Å². The minimum atomic E-state index is -0.682. The second-order valence-electron chi connectivity index (χ2n) is 5.92. The van der Waals surface area contributed by atoms with Crippen molar-refractivity contribution in [1.82, 2.24) is 0 Å². The van der Waals surface area contributed by atoms with E-state index in [1.807, 2.05) is 37.3 Å². The molecule has 0 amide bonds. The van der Waals surface area contributed by atoms with Crippen molar-refractivity contribution in [3.63, 3.8) is 0 Å². The van der Waals surface area contributed by atoms with Crippen LogP contribution in [0.5, 0.6) is 5.75 Å². The average Bonchev–Trinajstić information content (AvgIpc) is 2.59. The average molecular weight is 374 g/mol. The second-order valence-corrected chi connectivity index (χ2v) is 5.92. The first-order valence-corrected chi connectivity index (χ1v) is 8.49. The summed E-state index contributed by atoms with van der Waals surface area (Å²) in [5, 5.41) is 0. The summed E-state index contributed by atoms with van der Waals surface area (Å²) in [6.07, 6.45) is -0.00747. The fourth-order valence-electron chi connectivity index (χ4n) is 2.50. The molecule has 2 rings (SSSR count). The molecule has 142 valence electrons. The summed E-state index contributed by atoms with van der Waals surface area (Å²) in [7, 11) is 0. The Kier molecular flexibility index (Phi) is 9.82. The van der Waals surface area contributed by atoms with Crippen LogP contribution in [0.2, 0.25) is 0 Å². The van der Waals surface area contributed by atoms with E-state index in [9.17, 15) is 4.79 Å². The zero-order chi connectivity index (χ0) is 17.4. The predicted octanol–water partition coefficient (Wildman–Crippen LogP) is 2.33. The standard InChI is InChI=1S/C18H27NO5.ClH/c1-3-10-22-16-12-21-11-9-15(19)18(20)23-13(2)17(16)24-14-7-5-4-6-8-14;/h4-8,13,15-17H,3,9-12,19H2,1-2H3;1H/t13-,15-,16-,17-;/m0./s1. The number of cyclic esters (lactones) is 1. The topological polar surface area (TPSA) is 80.0 Å². The third-order valence-electron chi connectivity index (χ3n) is 3.84. The van der Waals surface area contributed by atoms with Crippen LogP contribution in [0.4, 0.5) is 0 Å². The van der Waals surface area contributed by atoms with Gasteiger partial charge in [-0.25, -0.2) is 0 Å². The molecule has 0 spiro atoms. The maximum atomic E-state index is 12.1. The molecule has 25 heavy (non-hydrogen) atoms. The molecule has 0 unspecified atom stereocenters. The van der Waals surface area contributed by atoms with Crippen molar-refractivity contribution in [2.24, 2.45) is 5.73 Å². The highest BCUT2D eigenvalue weighted by atomic mass is 35.5. The van der Waals surface area contributed by atoms with Crippen LogP contribution in [0.25, 0.3) is 0 Å². The van der Waals surface area contributed by atoms with Crippen LogP contribution in [0.15, 0.2) is 30.3 Å². The van der Waals surface area contributed by atoms with E-state index < -0.39 is 24.2 Å². The maximum Gasteiger partial charge on any atom is 0.323 e. The lowest BCUT2D eigenvalue weighted by Gasteiger charge is -2.33. The van der Waals surface area contributed by atoms with Crippen molar-refractivity contribution in [2.45, 2.75) is 51.0 Å². The molecule has 0 aromatic heterocycles. The number of halogens is 1. The number of hydrogen-bond acceptors (Lipinski definition) is 6. The molecule has 1 fully saturated rings. The van der Waals surface area contributed by atoms with E-state index >= 15 is 0 Å². The lowest BCUT2D eigenvalue weighted by atomic mass is 10.1. The van der Waals surface area contributed by atoms with Gasteiger partial charge in [-0.1, -0.05) is 25.1 Å². The second kappa shape index (κ2) is 11.3. The first-order chi connectivity index (χ1) is 11.6. The van der Waals surface area contributed by atoms with Gasteiger partial charge in [-0.05, 0) is 31.9 Å². The molecule has 0 radical (unpaired) electrons. The molecule has 1 aliphatic heterocycles. The summed E-state index contributed by atoms with van der Waals surface area (Å²) < 4.78 is 23.2. The highest BCUT2D eigenvalue weighted by molar-refractivity contribution is 5.85. The summed E-state index contributed by atoms with van der Waals surface area (Å²) in [6.45, 7) is 5.17. The molecule has 1 saturated heterocycles. The first kappa shape index (κ1) is 21.7. The van der Waals surface area contributed by atoms with Gasteiger partial charge in [0.1, 0.15) is 24.0 Å². The quantitative estimate of drug-likeness (QED) is 0.798. The lowest BCUT2D eigenvalue weighted by molar-refractivity contribution is -0.166. The Hall–Kier alpha value is -1.34. The molecule has 1 aliphatic rings. The number of para-hydroxylation sites is 1. The van der Waals surface area contributed by atoms with Gasteiger partial charge in [-0.2, -0.15) is 0 Å². The van der Waals surface area contributed by atoms with Crippen LogP contribution in [0.1, 0.15) is 26.7 Å². The SMILES string of the molecule is CCCO[C@H]1COCC[C@H](N)C(=O)O[C@@H](C)[C@@H]1Oc1ccccc1.Cl. The lowest BCUT2D eigenvalue weighted by Crippen LogP contribution is -2.49. The van der Waals surface area contributed by atoms with E-state index in [4.69, 9.17) is 24.7 Å². The van der Waals surface area contributed by atoms with Gasteiger partial charge in [0.25, 0.3) is 0 Å². The zero-order valence-electron chi connectivity index (χ0n) is 14.8. The van der Waals surface area contributed by atoms with Crippen LogP contribution in [0.3, 0.4) is 0 Å². The molecule has 0 aliphatic carbocycles. The molecule has 1 aromatic carbocycles. The summed E-state index contributed by atoms with van der Waals surface area (Å²) >= 11 is 0. The van der Waals surface area contributed by atoms with Gasteiger partial charge < -0.3 is 24.7 Å². The zero-order valence-corrected chi connectivity index (χ0v) is 15.6. The monoisotopic (exact) mass is 373 g/mol. The summed E-state index contributed by atoms with van der Waals surface area (Å²) in [6, 6.07) is 8.73.